The highest BCUT2D eigenvalue weighted by Crippen LogP contribution is 2.46. The second kappa shape index (κ2) is 7.36. The summed E-state index contributed by atoms with van der Waals surface area (Å²) >= 11 is 0. The highest BCUT2D eigenvalue weighted by molar-refractivity contribution is 5.19. The summed E-state index contributed by atoms with van der Waals surface area (Å²) in [7, 11) is 0. The third-order valence-corrected chi connectivity index (χ3v) is 6.27. The Morgan fingerprint density at radius 3 is 2.41 bits per heavy atom. The molecule has 142 valence electrons. The van der Waals surface area contributed by atoms with Crippen LogP contribution in [0.3, 0.4) is 0 Å². The smallest absolute Gasteiger partial charge is 0.184 e. The van der Waals surface area contributed by atoms with Gasteiger partial charge < -0.3 is 14.2 Å². The molecule has 0 aromatic heterocycles. The summed E-state index contributed by atoms with van der Waals surface area (Å²) in [5.74, 6) is 0. The Kier molecular flexibility index (Phi) is 4.74. The van der Waals surface area contributed by atoms with E-state index in [1.165, 1.54) is 18.4 Å². The normalized spacial score (nSPS) is 35.3. The van der Waals surface area contributed by atoms with Crippen LogP contribution >= 0.6 is 0 Å². The van der Waals surface area contributed by atoms with Crippen molar-refractivity contribution in [1.29, 1.82) is 0 Å². The van der Waals surface area contributed by atoms with Crippen molar-refractivity contribution >= 4 is 0 Å². The van der Waals surface area contributed by atoms with E-state index in [2.05, 4.69) is 48.2 Å². The minimum atomic E-state index is -0.254. The van der Waals surface area contributed by atoms with Crippen molar-refractivity contribution in [2.24, 2.45) is 0 Å². The van der Waals surface area contributed by atoms with E-state index in [4.69, 9.17) is 14.2 Å². The van der Waals surface area contributed by atoms with E-state index in [1.807, 2.05) is 24.3 Å². The maximum atomic E-state index is 6.43. The fourth-order valence-corrected chi connectivity index (χ4v) is 5.02. The highest BCUT2D eigenvalue weighted by Gasteiger charge is 2.58. The van der Waals surface area contributed by atoms with Crippen LogP contribution in [0.5, 0.6) is 0 Å². The van der Waals surface area contributed by atoms with Gasteiger partial charge in [-0.05, 0) is 25.3 Å². The van der Waals surface area contributed by atoms with Crippen molar-refractivity contribution in [2.75, 3.05) is 6.61 Å². The molecule has 27 heavy (non-hydrogen) atoms. The summed E-state index contributed by atoms with van der Waals surface area (Å²) in [4.78, 5) is 2.60. The third-order valence-electron chi connectivity index (χ3n) is 6.27. The molecule has 3 saturated heterocycles. The van der Waals surface area contributed by atoms with Crippen LogP contribution in [0.4, 0.5) is 0 Å². The van der Waals surface area contributed by atoms with E-state index < -0.39 is 0 Å². The van der Waals surface area contributed by atoms with Gasteiger partial charge in [0.1, 0.15) is 12.2 Å². The summed E-state index contributed by atoms with van der Waals surface area (Å²) in [5.41, 5.74) is 2.32. The maximum absolute atomic E-state index is 6.43. The number of benzene rings is 2. The summed E-state index contributed by atoms with van der Waals surface area (Å²) in [6.45, 7) is 3.65. The summed E-state index contributed by atoms with van der Waals surface area (Å²) in [6.07, 6.45) is 2.38. The summed E-state index contributed by atoms with van der Waals surface area (Å²) < 4.78 is 19.0. The number of hydrogen-bond acceptors (Lipinski definition) is 4. The largest absolute Gasteiger partial charge is 0.375 e. The topological polar surface area (TPSA) is 30.9 Å². The maximum Gasteiger partial charge on any atom is 0.184 e. The molecule has 3 aliphatic heterocycles. The molecule has 0 N–H and O–H groups in total. The summed E-state index contributed by atoms with van der Waals surface area (Å²) in [6, 6.07) is 21.9. The Morgan fingerprint density at radius 2 is 1.63 bits per heavy atom. The minimum absolute atomic E-state index is 0.0822. The monoisotopic (exact) mass is 365 g/mol. The molecular weight excluding hydrogens is 338 g/mol. The number of hydrogen-bond donors (Lipinski definition) is 0. The number of fused-ring (bicyclic) bond motifs is 3. The SMILES string of the molecule is C[C@H]1CC[C@@H]2[C@@H]3O[C@H](c4ccccc4)O[C@@H]3[C@@H](COCc3ccccc3)N21. The Labute approximate surface area is 161 Å². The van der Waals surface area contributed by atoms with E-state index in [0.717, 1.165) is 5.56 Å². The zero-order valence-corrected chi connectivity index (χ0v) is 15.7. The van der Waals surface area contributed by atoms with Crippen molar-refractivity contribution < 1.29 is 14.2 Å². The van der Waals surface area contributed by atoms with Crippen LogP contribution < -0.4 is 0 Å². The fourth-order valence-electron chi connectivity index (χ4n) is 5.02. The van der Waals surface area contributed by atoms with Gasteiger partial charge in [0.05, 0.1) is 19.3 Å². The lowest BCUT2D eigenvalue weighted by molar-refractivity contribution is -0.107. The van der Waals surface area contributed by atoms with Crippen molar-refractivity contribution in [1.82, 2.24) is 4.90 Å². The van der Waals surface area contributed by atoms with Gasteiger partial charge in [0.15, 0.2) is 6.29 Å². The van der Waals surface area contributed by atoms with Crippen LogP contribution in [0.1, 0.15) is 37.2 Å². The molecular formula is C23H27NO3. The molecule has 4 nitrogen and oxygen atoms in total. The molecule has 0 spiro atoms. The molecule has 0 amide bonds. The van der Waals surface area contributed by atoms with Gasteiger partial charge in [-0.3, -0.25) is 4.90 Å². The van der Waals surface area contributed by atoms with Gasteiger partial charge in [0.2, 0.25) is 0 Å². The molecule has 0 saturated carbocycles. The quantitative estimate of drug-likeness (QED) is 0.804. The van der Waals surface area contributed by atoms with Crippen LogP contribution in [0, 0.1) is 0 Å². The van der Waals surface area contributed by atoms with Crippen molar-refractivity contribution in [3.05, 3.63) is 71.8 Å². The minimum Gasteiger partial charge on any atom is -0.375 e. The predicted molar refractivity (Wildman–Crippen MR) is 103 cm³/mol. The molecule has 0 unspecified atom stereocenters. The number of nitrogens with zero attached hydrogens (tertiary/aromatic N) is 1. The van der Waals surface area contributed by atoms with Gasteiger partial charge in [0.25, 0.3) is 0 Å². The highest BCUT2D eigenvalue weighted by atomic mass is 16.7. The first-order chi connectivity index (χ1) is 13.3. The first-order valence-corrected chi connectivity index (χ1v) is 10.1. The van der Waals surface area contributed by atoms with E-state index in [0.29, 0.717) is 25.3 Å². The first kappa shape index (κ1) is 17.4. The molecule has 0 aliphatic carbocycles. The third kappa shape index (κ3) is 3.21. The fraction of sp³-hybridized carbons (Fsp3) is 0.478. The van der Waals surface area contributed by atoms with Crippen LogP contribution in [0.15, 0.2) is 60.7 Å². The van der Waals surface area contributed by atoms with Crippen LogP contribution in [-0.2, 0) is 20.8 Å². The Bertz CT molecular complexity index is 753. The number of ether oxygens (including phenoxy) is 3. The molecule has 2 aromatic carbocycles. The Balaban J connectivity index is 1.30. The van der Waals surface area contributed by atoms with Gasteiger partial charge in [-0.15, -0.1) is 0 Å². The second-order valence-electron chi connectivity index (χ2n) is 7.95. The van der Waals surface area contributed by atoms with Gasteiger partial charge >= 0.3 is 0 Å². The Hall–Kier alpha value is -1.72. The number of rotatable bonds is 5. The second-order valence-corrected chi connectivity index (χ2v) is 7.95. The lowest BCUT2D eigenvalue weighted by Crippen LogP contribution is -2.44. The van der Waals surface area contributed by atoms with Gasteiger partial charge in [0, 0.05) is 17.6 Å². The van der Waals surface area contributed by atoms with E-state index in [1.54, 1.807) is 0 Å². The predicted octanol–water partition coefficient (Wildman–Crippen LogP) is 3.92. The van der Waals surface area contributed by atoms with Gasteiger partial charge in [-0.1, -0.05) is 60.7 Å². The van der Waals surface area contributed by atoms with Crippen molar-refractivity contribution in [3.63, 3.8) is 0 Å². The average Bonchev–Trinajstić information content (AvgIpc) is 3.37. The molecule has 6 atom stereocenters. The molecule has 4 heteroatoms. The Morgan fingerprint density at radius 1 is 0.926 bits per heavy atom. The molecule has 0 bridgehead atoms. The van der Waals surface area contributed by atoms with E-state index >= 15 is 0 Å². The van der Waals surface area contributed by atoms with Gasteiger partial charge in [-0.25, -0.2) is 0 Å². The van der Waals surface area contributed by atoms with E-state index in [-0.39, 0.29) is 24.5 Å². The van der Waals surface area contributed by atoms with Crippen molar-refractivity contribution in [2.45, 2.75) is 63.0 Å². The lowest BCUT2D eigenvalue weighted by Gasteiger charge is -2.31. The van der Waals surface area contributed by atoms with Crippen LogP contribution in [-0.4, -0.2) is 41.8 Å². The zero-order valence-electron chi connectivity index (χ0n) is 15.7. The first-order valence-electron chi connectivity index (χ1n) is 10.1. The average molecular weight is 365 g/mol. The molecule has 3 aliphatic rings. The standard InChI is InChI=1S/C23H27NO3/c1-16-12-13-19-21-22(27-23(26-21)18-10-6-3-7-11-18)20(24(16)19)15-25-14-17-8-4-2-5-9-17/h2-11,16,19-23H,12-15H2,1H3/t16-,19+,20+,21-,22+,23-/m0/s1. The van der Waals surface area contributed by atoms with Crippen LogP contribution in [0.2, 0.25) is 0 Å². The molecule has 3 heterocycles. The van der Waals surface area contributed by atoms with Crippen LogP contribution in [0.25, 0.3) is 0 Å². The molecule has 2 aromatic rings. The lowest BCUT2D eigenvalue weighted by atomic mass is 10.0. The van der Waals surface area contributed by atoms with E-state index in [9.17, 15) is 0 Å². The van der Waals surface area contributed by atoms with Gasteiger partial charge in [-0.2, -0.15) is 0 Å². The molecule has 5 rings (SSSR count). The zero-order chi connectivity index (χ0) is 18.2. The van der Waals surface area contributed by atoms with Crippen molar-refractivity contribution in [3.8, 4) is 0 Å². The molecule has 3 fully saturated rings. The molecule has 0 radical (unpaired) electrons. The summed E-state index contributed by atoms with van der Waals surface area (Å²) in [5, 5.41) is 0.